The summed E-state index contributed by atoms with van der Waals surface area (Å²) in [6.07, 6.45) is 0.790. The number of hydrogen-bond acceptors (Lipinski definition) is 7. The van der Waals surface area contributed by atoms with E-state index in [0.717, 1.165) is 36.4 Å². The van der Waals surface area contributed by atoms with Crippen molar-refractivity contribution in [2.75, 3.05) is 4.72 Å². The van der Waals surface area contributed by atoms with Crippen LogP contribution >= 0.6 is 0 Å². The van der Waals surface area contributed by atoms with E-state index in [-0.39, 0.29) is 10.6 Å². The smallest absolute Gasteiger partial charge is 0.280 e. The molecule has 1 N–H and O–H groups in total. The molecule has 0 saturated heterocycles. The Morgan fingerprint density at radius 1 is 0.889 bits per heavy atom. The number of nitrogens with one attached hydrogen (secondary N) is 1. The highest BCUT2D eigenvalue weighted by molar-refractivity contribution is 7.94. The van der Waals surface area contributed by atoms with Gasteiger partial charge in [-0.25, -0.2) is 16.8 Å². The highest BCUT2D eigenvalue weighted by Crippen LogP contribution is 2.22. The number of nitriles is 1. The van der Waals surface area contributed by atoms with Gasteiger partial charge in [0.25, 0.3) is 10.0 Å². The van der Waals surface area contributed by atoms with E-state index in [2.05, 4.69) is 4.72 Å². The number of sulfonamides is 1. The largest absolute Gasteiger partial charge is 0.332 e. The maximum atomic E-state index is 13.0. The monoisotopic (exact) mass is 430 g/mol. The van der Waals surface area contributed by atoms with Gasteiger partial charge in [-0.2, -0.15) is 13.7 Å². The average molecular weight is 430 g/mol. The van der Waals surface area contributed by atoms with Crippen molar-refractivity contribution >= 4 is 35.8 Å². The highest BCUT2D eigenvalue weighted by Gasteiger charge is 2.19. The highest BCUT2D eigenvalue weighted by atomic mass is 32.3. The Morgan fingerprint density at radius 3 is 2.04 bits per heavy atom. The number of benzene rings is 2. The number of hydrogen-bond donors (Lipinski definition) is 1. The Morgan fingerprint density at radius 2 is 1.48 bits per heavy atom. The molecule has 0 fully saturated rings. The van der Waals surface area contributed by atoms with Gasteiger partial charge in [0.15, 0.2) is 0 Å². The van der Waals surface area contributed by atoms with Crippen LogP contribution in [-0.2, 0) is 30.1 Å². The Bertz CT molecular complexity index is 1240. The van der Waals surface area contributed by atoms with E-state index >= 15 is 0 Å². The third-order valence-corrected chi connectivity index (χ3v) is 6.77. The van der Waals surface area contributed by atoms with E-state index in [1.807, 2.05) is 0 Å². The minimum absolute atomic E-state index is 0.00767. The standard InChI is InChI=1S/C15H11FN2O6S3/c16-26(21,22)14-3-1-4-15(11-14)27(23,24)18-12-5-7-13(8-6-12)25(19,20)10-2-9-17/h1-8,10-11,18H/b10-2+. The summed E-state index contributed by atoms with van der Waals surface area (Å²) in [5.74, 6) is 0. The molecule has 0 saturated carbocycles. The van der Waals surface area contributed by atoms with Crippen molar-refractivity contribution in [2.45, 2.75) is 14.7 Å². The molecular formula is C15H11FN2O6S3. The fraction of sp³-hybridized carbons (Fsp3) is 0. The number of halogens is 1. The van der Waals surface area contributed by atoms with Crippen LogP contribution in [0.15, 0.2) is 74.7 Å². The summed E-state index contributed by atoms with van der Waals surface area (Å²) in [6, 6.07) is 9.83. The lowest BCUT2D eigenvalue weighted by molar-refractivity contribution is 0.551. The minimum atomic E-state index is -5.08. The second-order valence-corrected chi connectivity index (χ2v) is 9.88. The molecule has 0 radical (unpaired) electrons. The Labute approximate surface area is 155 Å². The topological polar surface area (TPSA) is 138 Å². The molecule has 2 aromatic carbocycles. The lowest BCUT2D eigenvalue weighted by Crippen LogP contribution is -2.13. The molecule has 2 aromatic rings. The molecule has 0 spiro atoms. The van der Waals surface area contributed by atoms with Crippen LogP contribution in [0.25, 0.3) is 0 Å². The summed E-state index contributed by atoms with van der Waals surface area (Å²) in [7, 11) is -13.2. The van der Waals surface area contributed by atoms with Crippen LogP contribution in [0.3, 0.4) is 0 Å². The van der Waals surface area contributed by atoms with Crippen molar-refractivity contribution in [3.63, 3.8) is 0 Å². The van der Waals surface area contributed by atoms with Crippen molar-refractivity contribution in [1.29, 1.82) is 5.26 Å². The van der Waals surface area contributed by atoms with Crippen molar-refractivity contribution < 1.29 is 29.1 Å². The zero-order chi connectivity index (χ0) is 20.3. The molecular weight excluding hydrogens is 419 g/mol. The molecule has 0 aromatic heterocycles. The van der Waals surface area contributed by atoms with Gasteiger partial charge in [-0.05, 0) is 42.5 Å². The molecule has 0 aliphatic rings. The summed E-state index contributed by atoms with van der Waals surface area (Å²) in [5.41, 5.74) is -0.00767. The van der Waals surface area contributed by atoms with Gasteiger partial charge in [-0.15, -0.1) is 3.89 Å². The van der Waals surface area contributed by atoms with Crippen molar-refractivity contribution in [3.05, 3.63) is 60.0 Å². The van der Waals surface area contributed by atoms with E-state index in [0.29, 0.717) is 11.5 Å². The molecule has 2 rings (SSSR count). The summed E-state index contributed by atoms with van der Waals surface area (Å²) >= 11 is 0. The molecule has 0 atom stereocenters. The van der Waals surface area contributed by atoms with Gasteiger partial charge < -0.3 is 0 Å². The molecule has 12 heteroatoms. The van der Waals surface area contributed by atoms with Crippen molar-refractivity contribution in [2.24, 2.45) is 0 Å². The zero-order valence-corrected chi connectivity index (χ0v) is 15.7. The van der Waals surface area contributed by atoms with Gasteiger partial charge in [0.2, 0.25) is 9.84 Å². The first-order valence-electron chi connectivity index (χ1n) is 6.94. The average Bonchev–Trinajstić information content (AvgIpc) is 2.59. The van der Waals surface area contributed by atoms with Crippen molar-refractivity contribution in [3.8, 4) is 6.07 Å². The van der Waals surface area contributed by atoms with Gasteiger partial charge >= 0.3 is 10.2 Å². The predicted octanol–water partition coefficient (Wildman–Crippen LogP) is 1.96. The number of allylic oxidation sites excluding steroid dienone is 1. The number of sulfone groups is 1. The lowest BCUT2D eigenvalue weighted by atomic mass is 10.3. The second-order valence-electron chi connectivity index (χ2n) is 5.02. The number of nitrogens with zero attached hydrogens (tertiary/aromatic N) is 1. The van der Waals surface area contributed by atoms with Crippen LogP contribution in [0.1, 0.15) is 0 Å². The van der Waals surface area contributed by atoms with Crippen LogP contribution < -0.4 is 4.72 Å². The van der Waals surface area contributed by atoms with E-state index in [9.17, 15) is 29.1 Å². The molecule has 0 heterocycles. The normalized spacial score (nSPS) is 12.6. The summed E-state index contributed by atoms with van der Waals surface area (Å²) in [5, 5.41) is 9.09. The SMILES string of the molecule is N#C/C=C/S(=O)(=O)c1ccc(NS(=O)(=O)c2cccc(S(=O)(=O)F)c2)cc1. The Hall–Kier alpha value is -2.75. The zero-order valence-electron chi connectivity index (χ0n) is 13.3. The van der Waals surface area contributed by atoms with E-state index < -0.39 is 39.9 Å². The molecule has 142 valence electrons. The first-order valence-corrected chi connectivity index (χ1v) is 11.4. The lowest BCUT2D eigenvalue weighted by Gasteiger charge is -2.09. The number of rotatable bonds is 6. The molecule has 0 bridgehead atoms. The third kappa shape index (κ3) is 5.13. The molecule has 0 aliphatic carbocycles. The molecule has 0 unspecified atom stereocenters. The fourth-order valence-corrected chi connectivity index (χ4v) is 4.52. The maximum absolute atomic E-state index is 13.0. The Kier molecular flexibility index (Phi) is 5.69. The summed E-state index contributed by atoms with van der Waals surface area (Å²) in [4.78, 5) is -1.46. The van der Waals surface area contributed by atoms with Gasteiger partial charge in [-0.3, -0.25) is 4.72 Å². The van der Waals surface area contributed by atoms with Crippen LogP contribution in [0.5, 0.6) is 0 Å². The minimum Gasteiger partial charge on any atom is -0.280 e. The van der Waals surface area contributed by atoms with Gasteiger partial charge in [0.05, 0.1) is 20.8 Å². The van der Waals surface area contributed by atoms with E-state index in [1.54, 1.807) is 6.07 Å². The summed E-state index contributed by atoms with van der Waals surface area (Å²) in [6.45, 7) is 0. The molecule has 0 amide bonds. The van der Waals surface area contributed by atoms with E-state index in [4.69, 9.17) is 5.26 Å². The van der Waals surface area contributed by atoms with Crippen LogP contribution in [0.4, 0.5) is 9.57 Å². The van der Waals surface area contributed by atoms with Crippen molar-refractivity contribution in [1.82, 2.24) is 0 Å². The first-order chi connectivity index (χ1) is 12.5. The molecule has 0 aliphatic heterocycles. The first kappa shape index (κ1) is 20.6. The Balaban J connectivity index is 2.32. The molecule has 27 heavy (non-hydrogen) atoms. The van der Waals surface area contributed by atoms with E-state index in [1.165, 1.54) is 12.1 Å². The quantitative estimate of drug-likeness (QED) is 0.546. The van der Waals surface area contributed by atoms with Crippen LogP contribution in [0, 0.1) is 11.3 Å². The maximum Gasteiger partial charge on any atom is 0.332 e. The fourth-order valence-electron chi connectivity index (χ4n) is 1.92. The second kappa shape index (κ2) is 7.47. The van der Waals surface area contributed by atoms with Crippen LogP contribution in [0.2, 0.25) is 0 Å². The van der Waals surface area contributed by atoms with Gasteiger partial charge in [0, 0.05) is 17.2 Å². The van der Waals surface area contributed by atoms with Crippen LogP contribution in [-0.4, -0.2) is 25.3 Å². The van der Waals surface area contributed by atoms with Gasteiger partial charge in [0.1, 0.15) is 0 Å². The predicted molar refractivity (Wildman–Crippen MR) is 93.9 cm³/mol. The third-order valence-electron chi connectivity index (χ3n) is 3.15. The summed E-state index contributed by atoms with van der Waals surface area (Å²) < 4.78 is 85.3. The van der Waals surface area contributed by atoms with Gasteiger partial charge in [-0.1, -0.05) is 6.07 Å². The number of anilines is 1. The molecule has 8 nitrogen and oxygen atoms in total.